The van der Waals surface area contributed by atoms with Crippen LogP contribution in [-0.4, -0.2) is 28.5 Å². The van der Waals surface area contributed by atoms with Gasteiger partial charge < -0.3 is 10.5 Å². The van der Waals surface area contributed by atoms with Crippen LogP contribution in [0.2, 0.25) is 0 Å². The van der Waals surface area contributed by atoms with Crippen LogP contribution < -0.4 is 5.73 Å². The van der Waals surface area contributed by atoms with Gasteiger partial charge in [0.1, 0.15) is 0 Å². The molecule has 1 aliphatic heterocycles. The van der Waals surface area contributed by atoms with Crippen molar-refractivity contribution in [3.63, 3.8) is 0 Å². The Kier molecular flexibility index (Phi) is 5.40. The molecule has 1 aliphatic rings. The molecule has 1 saturated heterocycles. The molecular weight excluding hydrogens is 238 g/mol. The third-order valence-electron chi connectivity index (χ3n) is 4.04. The van der Waals surface area contributed by atoms with Gasteiger partial charge in [-0.25, -0.2) is 0 Å². The second-order valence-corrected chi connectivity index (χ2v) is 5.59. The predicted octanol–water partition coefficient (Wildman–Crippen LogP) is 2.68. The summed E-state index contributed by atoms with van der Waals surface area (Å²) in [5, 5.41) is 4.66. The molecular formula is C15H27N3O. The lowest BCUT2D eigenvalue weighted by atomic mass is 10.0. The highest BCUT2D eigenvalue weighted by molar-refractivity contribution is 5.02. The monoisotopic (exact) mass is 265 g/mol. The Morgan fingerprint density at radius 2 is 2.26 bits per heavy atom. The largest absolute Gasteiger partial charge is 0.378 e. The maximum absolute atomic E-state index is 6.21. The van der Waals surface area contributed by atoms with Crippen LogP contribution in [0.1, 0.15) is 57.7 Å². The van der Waals surface area contributed by atoms with E-state index in [4.69, 9.17) is 10.5 Å². The Hall–Kier alpha value is -0.870. The highest BCUT2D eigenvalue weighted by Crippen LogP contribution is 2.18. The summed E-state index contributed by atoms with van der Waals surface area (Å²) in [5.74, 6) is 0. The molecule has 0 saturated carbocycles. The second kappa shape index (κ2) is 7.06. The van der Waals surface area contributed by atoms with E-state index in [1.165, 1.54) is 6.42 Å². The van der Waals surface area contributed by atoms with Crippen molar-refractivity contribution in [2.45, 2.75) is 70.6 Å². The second-order valence-electron chi connectivity index (χ2n) is 5.59. The summed E-state index contributed by atoms with van der Waals surface area (Å²) in [7, 11) is 0. The van der Waals surface area contributed by atoms with Gasteiger partial charge in [0.25, 0.3) is 0 Å². The first kappa shape index (κ1) is 14.5. The molecule has 4 heteroatoms. The molecule has 1 aromatic heterocycles. The Labute approximate surface area is 116 Å². The third kappa shape index (κ3) is 4.05. The molecule has 0 radical (unpaired) electrons. The van der Waals surface area contributed by atoms with E-state index in [2.05, 4.69) is 35.9 Å². The van der Waals surface area contributed by atoms with Crippen molar-refractivity contribution in [3.05, 3.63) is 18.0 Å². The number of hydrogen-bond acceptors (Lipinski definition) is 3. The van der Waals surface area contributed by atoms with Crippen molar-refractivity contribution < 1.29 is 4.74 Å². The fourth-order valence-electron chi connectivity index (χ4n) is 2.87. The Bertz CT molecular complexity index is 367. The van der Waals surface area contributed by atoms with E-state index in [0.717, 1.165) is 44.4 Å². The molecule has 19 heavy (non-hydrogen) atoms. The number of ether oxygens (including phenoxy) is 1. The van der Waals surface area contributed by atoms with E-state index in [1.54, 1.807) is 0 Å². The lowest BCUT2D eigenvalue weighted by molar-refractivity contribution is 0.0982. The lowest BCUT2D eigenvalue weighted by Gasteiger charge is -2.15. The zero-order chi connectivity index (χ0) is 13.7. The quantitative estimate of drug-likeness (QED) is 0.824. The van der Waals surface area contributed by atoms with Crippen molar-refractivity contribution in [1.82, 2.24) is 9.78 Å². The molecule has 2 atom stereocenters. The van der Waals surface area contributed by atoms with Gasteiger partial charge in [0.15, 0.2) is 0 Å². The zero-order valence-electron chi connectivity index (χ0n) is 12.2. The highest BCUT2D eigenvalue weighted by atomic mass is 16.5. The first-order valence-electron chi connectivity index (χ1n) is 7.64. The molecule has 0 aromatic carbocycles. The van der Waals surface area contributed by atoms with Gasteiger partial charge in [-0.15, -0.1) is 0 Å². The fraction of sp³-hybridized carbons (Fsp3) is 0.800. The molecule has 2 unspecified atom stereocenters. The average molecular weight is 265 g/mol. The molecule has 4 nitrogen and oxygen atoms in total. The van der Waals surface area contributed by atoms with E-state index < -0.39 is 0 Å². The Morgan fingerprint density at radius 1 is 1.47 bits per heavy atom. The van der Waals surface area contributed by atoms with E-state index in [0.29, 0.717) is 12.1 Å². The topological polar surface area (TPSA) is 53.1 Å². The number of nitrogens with zero attached hydrogens (tertiary/aromatic N) is 2. The summed E-state index contributed by atoms with van der Waals surface area (Å²) in [6, 6.07) is 2.78. The molecule has 0 spiro atoms. The van der Waals surface area contributed by atoms with Crippen LogP contribution in [0.5, 0.6) is 0 Å². The Morgan fingerprint density at radius 3 is 2.89 bits per heavy atom. The van der Waals surface area contributed by atoms with Gasteiger partial charge in [-0.1, -0.05) is 13.8 Å². The van der Waals surface area contributed by atoms with Crippen LogP contribution in [0, 0.1) is 0 Å². The van der Waals surface area contributed by atoms with Gasteiger partial charge >= 0.3 is 0 Å². The van der Waals surface area contributed by atoms with Gasteiger partial charge in [-0.3, -0.25) is 4.68 Å². The van der Waals surface area contributed by atoms with Gasteiger partial charge in [-0.2, -0.15) is 5.10 Å². The minimum Gasteiger partial charge on any atom is -0.378 e. The fourth-order valence-corrected chi connectivity index (χ4v) is 2.87. The van der Waals surface area contributed by atoms with Gasteiger partial charge in [-0.05, 0) is 38.2 Å². The summed E-state index contributed by atoms with van der Waals surface area (Å²) in [6.07, 6.45) is 8.86. The standard InChI is InChI=1S/C15H27N3O/c1-3-14(4-2)18-8-7-13(17-18)10-12(16)11-15-6-5-9-19-15/h7-8,12,14-15H,3-6,9-11,16H2,1-2H3. The van der Waals surface area contributed by atoms with Gasteiger partial charge in [0.05, 0.1) is 17.8 Å². The summed E-state index contributed by atoms with van der Waals surface area (Å²) in [4.78, 5) is 0. The number of rotatable bonds is 7. The van der Waals surface area contributed by atoms with Crippen LogP contribution in [0.3, 0.4) is 0 Å². The first-order chi connectivity index (χ1) is 9.22. The first-order valence-corrected chi connectivity index (χ1v) is 7.64. The maximum atomic E-state index is 6.21. The summed E-state index contributed by atoms with van der Waals surface area (Å²) in [5.41, 5.74) is 7.32. The van der Waals surface area contributed by atoms with E-state index in [-0.39, 0.29) is 6.04 Å². The van der Waals surface area contributed by atoms with Crippen molar-refractivity contribution in [1.29, 1.82) is 0 Å². The van der Waals surface area contributed by atoms with E-state index >= 15 is 0 Å². The smallest absolute Gasteiger partial charge is 0.0640 e. The molecule has 1 fully saturated rings. The van der Waals surface area contributed by atoms with E-state index in [1.807, 2.05) is 0 Å². The van der Waals surface area contributed by atoms with Crippen LogP contribution in [0.4, 0.5) is 0 Å². The number of aromatic nitrogens is 2. The summed E-state index contributed by atoms with van der Waals surface area (Å²) >= 11 is 0. The molecule has 108 valence electrons. The summed E-state index contributed by atoms with van der Waals surface area (Å²) in [6.45, 7) is 5.32. The minimum absolute atomic E-state index is 0.160. The number of nitrogens with two attached hydrogens (primary N) is 1. The molecule has 0 aliphatic carbocycles. The van der Waals surface area contributed by atoms with Crippen LogP contribution in [0.15, 0.2) is 12.3 Å². The molecule has 2 N–H and O–H groups in total. The third-order valence-corrected chi connectivity index (χ3v) is 4.04. The van der Waals surface area contributed by atoms with Gasteiger partial charge in [0.2, 0.25) is 0 Å². The van der Waals surface area contributed by atoms with Crippen molar-refractivity contribution in [3.8, 4) is 0 Å². The van der Waals surface area contributed by atoms with E-state index in [9.17, 15) is 0 Å². The van der Waals surface area contributed by atoms with Crippen LogP contribution in [-0.2, 0) is 11.2 Å². The van der Waals surface area contributed by atoms with Crippen LogP contribution >= 0.6 is 0 Å². The van der Waals surface area contributed by atoms with Crippen molar-refractivity contribution in [2.75, 3.05) is 6.61 Å². The number of hydrogen-bond donors (Lipinski definition) is 1. The molecule has 1 aromatic rings. The molecule has 2 heterocycles. The molecule has 0 amide bonds. The van der Waals surface area contributed by atoms with Crippen molar-refractivity contribution >= 4 is 0 Å². The lowest BCUT2D eigenvalue weighted by Crippen LogP contribution is -2.28. The Balaban J connectivity index is 1.84. The molecule has 0 bridgehead atoms. The minimum atomic E-state index is 0.160. The average Bonchev–Trinajstić information content (AvgIpc) is 3.03. The maximum Gasteiger partial charge on any atom is 0.0640 e. The highest BCUT2D eigenvalue weighted by Gasteiger charge is 2.19. The SMILES string of the molecule is CCC(CC)n1ccc(CC(N)CC2CCCO2)n1. The zero-order valence-corrected chi connectivity index (χ0v) is 12.2. The summed E-state index contributed by atoms with van der Waals surface area (Å²) < 4.78 is 7.73. The van der Waals surface area contributed by atoms with Crippen LogP contribution in [0.25, 0.3) is 0 Å². The predicted molar refractivity (Wildman–Crippen MR) is 77.1 cm³/mol. The van der Waals surface area contributed by atoms with Gasteiger partial charge in [0, 0.05) is 25.3 Å². The normalized spacial score (nSPS) is 21.2. The molecule has 2 rings (SSSR count). The van der Waals surface area contributed by atoms with Crippen molar-refractivity contribution in [2.24, 2.45) is 5.73 Å².